The van der Waals surface area contributed by atoms with E-state index in [1.807, 2.05) is 33.3 Å². The van der Waals surface area contributed by atoms with Crippen LogP contribution >= 0.6 is 0 Å². The largest absolute Gasteiger partial charge is 0.545 e. The quantitative estimate of drug-likeness (QED) is 0.0197. The maximum Gasteiger partial charge on any atom is 0.306 e. The van der Waals surface area contributed by atoms with Crippen molar-refractivity contribution in [3.05, 3.63) is 48.6 Å². The number of aliphatic carboxylic acids is 1. The molecule has 0 rings (SSSR count). The molecule has 0 N–H and O–H groups in total. The van der Waals surface area contributed by atoms with Crippen molar-refractivity contribution in [2.75, 3.05) is 47.5 Å². The van der Waals surface area contributed by atoms with Crippen molar-refractivity contribution in [3.8, 4) is 0 Å². The normalized spacial score (nSPS) is 13.3. The number of carbonyl (C=O) groups is 3. The van der Waals surface area contributed by atoms with Gasteiger partial charge in [-0.15, -0.1) is 0 Å². The first-order chi connectivity index (χ1) is 28.1. The van der Waals surface area contributed by atoms with Crippen LogP contribution in [0.15, 0.2) is 48.6 Å². The topological polar surface area (TPSA) is 111 Å². The second-order valence-corrected chi connectivity index (χ2v) is 16.7. The third-order valence-electron chi connectivity index (χ3n) is 9.85. The summed E-state index contributed by atoms with van der Waals surface area (Å²) in [5.41, 5.74) is 0. The summed E-state index contributed by atoms with van der Waals surface area (Å²) in [6, 6.07) is 0. The number of nitrogens with zero attached hydrogens (tertiary/aromatic N) is 1. The first-order valence-corrected chi connectivity index (χ1v) is 23.3. The van der Waals surface area contributed by atoms with Gasteiger partial charge in [-0.05, 0) is 38.5 Å². The van der Waals surface area contributed by atoms with Gasteiger partial charge in [0.05, 0.1) is 40.3 Å². The lowest BCUT2D eigenvalue weighted by Crippen LogP contribution is -2.44. The summed E-state index contributed by atoms with van der Waals surface area (Å²) < 4.78 is 22.5. The molecule has 0 fully saturated rings. The smallest absolute Gasteiger partial charge is 0.306 e. The summed E-state index contributed by atoms with van der Waals surface area (Å²) >= 11 is 0. The van der Waals surface area contributed by atoms with Crippen molar-refractivity contribution in [1.29, 1.82) is 0 Å². The number of carboxylic acids is 1. The molecule has 336 valence electrons. The van der Waals surface area contributed by atoms with Crippen molar-refractivity contribution in [1.82, 2.24) is 0 Å². The molecule has 2 atom stereocenters. The number of quaternary nitrogens is 1. The van der Waals surface area contributed by atoms with Crippen LogP contribution in [0, 0.1) is 0 Å². The average molecular weight is 818 g/mol. The first-order valence-electron chi connectivity index (χ1n) is 23.3. The number of esters is 2. The Hall–Kier alpha value is -2.75. The summed E-state index contributed by atoms with van der Waals surface area (Å²) in [7, 11) is 5.88. The minimum atomic E-state index is -1.64. The molecule has 0 aromatic carbocycles. The second kappa shape index (κ2) is 41.0. The average Bonchev–Trinajstić information content (AvgIpc) is 3.18. The minimum absolute atomic E-state index is 0.127. The molecule has 0 spiro atoms. The molecule has 0 saturated carbocycles. The molecule has 2 unspecified atom stereocenters. The van der Waals surface area contributed by atoms with Gasteiger partial charge in [-0.3, -0.25) is 9.59 Å². The Labute approximate surface area is 355 Å². The minimum Gasteiger partial charge on any atom is -0.545 e. The number of hydrogen-bond acceptors (Lipinski definition) is 8. The van der Waals surface area contributed by atoms with Crippen LogP contribution in [-0.2, 0) is 33.3 Å². The highest BCUT2D eigenvalue weighted by molar-refractivity contribution is 5.70. The molecular weight excluding hydrogens is 731 g/mol. The van der Waals surface area contributed by atoms with Gasteiger partial charge in [-0.25, -0.2) is 0 Å². The summed E-state index contributed by atoms with van der Waals surface area (Å²) in [5, 5.41) is 11.7. The summed E-state index contributed by atoms with van der Waals surface area (Å²) in [6.07, 6.45) is 44.6. The molecule has 58 heavy (non-hydrogen) atoms. The Balaban J connectivity index is 4.40. The Morgan fingerprint density at radius 3 is 1.43 bits per heavy atom. The number of rotatable bonds is 42. The van der Waals surface area contributed by atoms with Crippen LogP contribution in [0.4, 0.5) is 0 Å². The van der Waals surface area contributed by atoms with Crippen molar-refractivity contribution < 1.29 is 42.9 Å². The predicted molar refractivity (Wildman–Crippen MR) is 237 cm³/mol. The number of unbranched alkanes of at least 4 members (excludes halogenated alkanes) is 19. The van der Waals surface area contributed by atoms with Gasteiger partial charge in [0, 0.05) is 12.8 Å². The van der Waals surface area contributed by atoms with Crippen LogP contribution in [0.2, 0.25) is 0 Å². The lowest BCUT2D eigenvalue weighted by molar-refractivity contribution is -0.870. The van der Waals surface area contributed by atoms with Gasteiger partial charge in [-0.2, -0.15) is 0 Å². The SMILES string of the molecule is CC/C=C\C/C=C\C/C=C\C/C=C\CCC(=O)OC(COC(=O)CCCCCCCCCCCCCCCCCCCCCC)COC(OCC[N+](C)(C)C)C(=O)[O-]. The number of carboxylic acid groups (broad SMARTS) is 1. The third-order valence-corrected chi connectivity index (χ3v) is 9.85. The number of likely N-dealkylation sites (N-methyl/N-ethyl adjacent to an activating group) is 1. The van der Waals surface area contributed by atoms with E-state index in [2.05, 4.69) is 50.3 Å². The van der Waals surface area contributed by atoms with Crippen molar-refractivity contribution >= 4 is 17.9 Å². The van der Waals surface area contributed by atoms with E-state index in [4.69, 9.17) is 18.9 Å². The van der Waals surface area contributed by atoms with Crippen molar-refractivity contribution in [3.63, 3.8) is 0 Å². The van der Waals surface area contributed by atoms with Crippen LogP contribution in [0.25, 0.3) is 0 Å². The van der Waals surface area contributed by atoms with Gasteiger partial charge < -0.3 is 33.3 Å². The highest BCUT2D eigenvalue weighted by Gasteiger charge is 2.21. The van der Waals surface area contributed by atoms with Gasteiger partial charge >= 0.3 is 11.9 Å². The highest BCUT2D eigenvalue weighted by atomic mass is 16.7. The van der Waals surface area contributed by atoms with E-state index >= 15 is 0 Å². The standard InChI is InChI=1S/C49H87NO8/c1-6-8-10-12-14-16-18-20-21-22-23-24-25-26-28-29-31-33-35-37-39-46(51)56-43-45(44-57-49(48(53)54)55-42-41-50(3,4)5)58-47(52)40-38-36-34-32-30-27-19-17-15-13-11-9-7-2/h9,11,15,17,27,30,34,36,45,49H,6-8,10,12-14,16,18-26,28-29,31-33,35,37-44H2,1-5H3/b11-9-,17-15-,30-27-,36-34-. The zero-order chi connectivity index (χ0) is 42.8. The van der Waals surface area contributed by atoms with Gasteiger partial charge in [0.15, 0.2) is 12.4 Å². The zero-order valence-electron chi connectivity index (χ0n) is 37.9. The van der Waals surface area contributed by atoms with Crippen LogP contribution in [0.3, 0.4) is 0 Å². The Morgan fingerprint density at radius 1 is 0.534 bits per heavy atom. The monoisotopic (exact) mass is 818 g/mol. The van der Waals surface area contributed by atoms with Crippen LogP contribution in [-0.4, -0.2) is 82.3 Å². The van der Waals surface area contributed by atoms with E-state index in [1.165, 1.54) is 109 Å². The van der Waals surface area contributed by atoms with Crippen LogP contribution in [0.5, 0.6) is 0 Å². The van der Waals surface area contributed by atoms with Gasteiger partial charge in [0.1, 0.15) is 13.2 Å². The van der Waals surface area contributed by atoms with E-state index in [0.717, 1.165) is 44.9 Å². The third kappa shape index (κ3) is 41.4. The number of allylic oxidation sites excluding steroid dienone is 8. The van der Waals surface area contributed by atoms with Crippen LogP contribution in [0.1, 0.15) is 187 Å². The molecule has 0 amide bonds. The molecule has 0 bridgehead atoms. The van der Waals surface area contributed by atoms with Crippen molar-refractivity contribution in [2.45, 2.75) is 200 Å². The molecule has 9 nitrogen and oxygen atoms in total. The predicted octanol–water partition coefficient (Wildman–Crippen LogP) is 11.1. The molecule has 0 aliphatic rings. The number of carbonyl (C=O) groups excluding carboxylic acids is 3. The lowest BCUT2D eigenvalue weighted by atomic mass is 10.0. The van der Waals surface area contributed by atoms with E-state index in [1.54, 1.807) is 0 Å². The summed E-state index contributed by atoms with van der Waals surface area (Å²) in [5.74, 6) is -2.39. The molecule has 0 aromatic rings. The van der Waals surface area contributed by atoms with Crippen LogP contribution < -0.4 is 5.11 Å². The Bertz CT molecular complexity index is 1090. The van der Waals surface area contributed by atoms with Gasteiger partial charge in [0.25, 0.3) is 0 Å². The van der Waals surface area contributed by atoms with E-state index in [0.29, 0.717) is 17.4 Å². The fourth-order valence-electron chi connectivity index (χ4n) is 6.25. The fraction of sp³-hybridized carbons (Fsp3) is 0.776. The summed E-state index contributed by atoms with van der Waals surface area (Å²) in [4.78, 5) is 36.9. The maximum absolute atomic E-state index is 12.7. The molecule has 0 saturated heterocycles. The van der Waals surface area contributed by atoms with Gasteiger partial charge in [0.2, 0.25) is 0 Å². The molecular formula is C49H87NO8. The highest BCUT2D eigenvalue weighted by Crippen LogP contribution is 2.15. The Kier molecular flexibility index (Phi) is 39.1. The van der Waals surface area contributed by atoms with Gasteiger partial charge in [-0.1, -0.05) is 184 Å². The number of hydrogen-bond donors (Lipinski definition) is 0. The summed E-state index contributed by atoms with van der Waals surface area (Å²) in [6.45, 7) is 4.54. The molecule has 0 aliphatic heterocycles. The van der Waals surface area contributed by atoms with E-state index < -0.39 is 24.3 Å². The maximum atomic E-state index is 12.7. The Morgan fingerprint density at radius 2 is 0.983 bits per heavy atom. The molecule has 9 heteroatoms. The molecule has 0 aromatic heterocycles. The van der Waals surface area contributed by atoms with Crippen molar-refractivity contribution in [2.24, 2.45) is 0 Å². The second-order valence-electron chi connectivity index (χ2n) is 16.7. The molecule has 0 radical (unpaired) electrons. The molecule has 0 aliphatic carbocycles. The number of ether oxygens (including phenoxy) is 4. The lowest BCUT2D eigenvalue weighted by Gasteiger charge is -2.26. The zero-order valence-corrected chi connectivity index (χ0v) is 37.9. The molecule has 0 heterocycles. The first kappa shape index (κ1) is 55.2. The fourth-order valence-corrected chi connectivity index (χ4v) is 6.25. The van der Waals surface area contributed by atoms with E-state index in [-0.39, 0.29) is 38.6 Å². The van der Waals surface area contributed by atoms with E-state index in [9.17, 15) is 19.5 Å².